The van der Waals surface area contributed by atoms with Gasteiger partial charge in [-0.05, 0) is 34.8 Å². The molecule has 1 atom stereocenters. The van der Waals surface area contributed by atoms with Gasteiger partial charge in [-0.25, -0.2) is 9.89 Å². The van der Waals surface area contributed by atoms with Crippen molar-refractivity contribution < 1.29 is 0 Å². The van der Waals surface area contributed by atoms with Crippen LogP contribution >= 0.6 is 39.0 Å². The van der Waals surface area contributed by atoms with Gasteiger partial charge in [0.05, 0.1) is 5.25 Å². The Morgan fingerprint density at radius 3 is 3.05 bits per heavy atom. The van der Waals surface area contributed by atoms with E-state index in [0.29, 0.717) is 12.6 Å². The fourth-order valence-corrected chi connectivity index (χ4v) is 4.60. The quantitative estimate of drug-likeness (QED) is 0.803. The highest BCUT2D eigenvalue weighted by atomic mass is 79.9. The van der Waals surface area contributed by atoms with Gasteiger partial charge in [-0.3, -0.25) is 4.57 Å². The van der Waals surface area contributed by atoms with E-state index in [1.807, 2.05) is 5.38 Å². The van der Waals surface area contributed by atoms with Gasteiger partial charge in [0.25, 0.3) is 0 Å². The molecule has 0 amide bonds. The maximum absolute atomic E-state index is 11.7. The Hall–Kier alpha value is -0.570. The minimum atomic E-state index is -0.117. The van der Waals surface area contributed by atoms with Crippen molar-refractivity contribution in [3.8, 4) is 0 Å². The Kier molecular flexibility index (Phi) is 3.84. The summed E-state index contributed by atoms with van der Waals surface area (Å²) in [4.78, 5) is 12.9. The average molecular weight is 361 g/mol. The molecule has 3 rings (SSSR count). The molecule has 8 heteroatoms. The summed E-state index contributed by atoms with van der Waals surface area (Å²) in [7, 11) is 0. The maximum Gasteiger partial charge on any atom is 0.344 e. The van der Waals surface area contributed by atoms with Crippen LogP contribution in [0.25, 0.3) is 0 Å². The van der Waals surface area contributed by atoms with E-state index in [-0.39, 0.29) is 10.9 Å². The molecule has 1 unspecified atom stereocenters. The highest BCUT2D eigenvalue weighted by Crippen LogP contribution is 2.41. The zero-order valence-electron chi connectivity index (χ0n) is 10.0. The number of hydrogen-bond donors (Lipinski definition) is 2. The molecule has 2 aromatic rings. The number of halogens is 1. The Morgan fingerprint density at radius 1 is 1.68 bits per heavy atom. The second-order valence-electron chi connectivity index (χ2n) is 4.42. The Bertz CT molecular complexity index is 631. The van der Waals surface area contributed by atoms with Crippen LogP contribution in [0.1, 0.15) is 29.0 Å². The van der Waals surface area contributed by atoms with E-state index in [0.717, 1.165) is 22.5 Å². The number of thiophene rings is 1. The van der Waals surface area contributed by atoms with E-state index in [9.17, 15) is 4.79 Å². The molecule has 1 saturated carbocycles. The van der Waals surface area contributed by atoms with Crippen molar-refractivity contribution in [3.05, 3.63) is 31.3 Å². The van der Waals surface area contributed by atoms with Crippen molar-refractivity contribution in [1.82, 2.24) is 14.8 Å². The van der Waals surface area contributed by atoms with Crippen molar-refractivity contribution in [2.45, 2.75) is 29.3 Å². The molecule has 0 bridgehead atoms. The minimum Gasteiger partial charge on any atom is -0.329 e. The van der Waals surface area contributed by atoms with Crippen LogP contribution in [0, 0.1) is 0 Å². The molecule has 2 heterocycles. The van der Waals surface area contributed by atoms with Crippen LogP contribution < -0.4 is 11.4 Å². The first-order chi connectivity index (χ1) is 9.19. The first-order valence-corrected chi connectivity index (χ1v) is 8.52. The Labute approximate surface area is 126 Å². The van der Waals surface area contributed by atoms with Crippen LogP contribution in [0.5, 0.6) is 0 Å². The number of nitrogens with one attached hydrogen (secondary N) is 1. The SMILES string of the molecule is NCC(Sc1n[nH]c(=O)n1C1CC1)c1cc(Br)cs1. The molecule has 0 radical (unpaired) electrons. The summed E-state index contributed by atoms with van der Waals surface area (Å²) < 4.78 is 2.82. The molecule has 1 aliphatic carbocycles. The second-order valence-corrected chi connectivity index (χ2v) is 7.45. The minimum absolute atomic E-state index is 0.117. The molecule has 0 aliphatic heterocycles. The lowest BCUT2D eigenvalue weighted by Crippen LogP contribution is -2.17. The molecule has 19 heavy (non-hydrogen) atoms. The van der Waals surface area contributed by atoms with E-state index in [1.54, 1.807) is 27.7 Å². The highest BCUT2D eigenvalue weighted by Gasteiger charge is 2.29. The smallest absolute Gasteiger partial charge is 0.329 e. The molecule has 2 aromatic heterocycles. The van der Waals surface area contributed by atoms with Crippen LogP contribution in [0.2, 0.25) is 0 Å². The number of hydrogen-bond acceptors (Lipinski definition) is 5. The number of H-pyrrole nitrogens is 1. The van der Waals surface area contributed by atoms with Crippen LogP contribution in [-0.4, -0.2) is 21.3 Å². The molecule has 3 N–H and O–H groups in total. The molecule has 0 saturated heterocycles. The van der Waals surface area contributed by atoms with Crippen molar-refractivity contribution in [1.29, 1.82) is 0 Å². The van der Waals surface area contributed by atoms with Crippen LogP contribution in [0.4, 0.5) is 0 Å². The molecular weight excluding hydrogens is 348 g/mol. The number of nitrogens with two attached hydrogens (primary N) is 1. The maximum atomic E-state index is 11.7. The van der Waals surface area contributed by atoms with E-state index in [2.05, 4.69) is 32.2 Å². The third kappa shape index (κ3) is 2.81. The summed E-state index contributed by atoms with van der Waals surface area (Å²) in [5, 5.41) is 9.57. The number of aromatic nitrogens is 3. The molecule has 5 nitrogen and oxygen atoms in total. The lowest BCUT2D eigenvalue weighted by Gasteiger charge is -2.12. The lowest BCUT2D eigenvalue weighted by molar-refractivity contribution is 0.641. The fraction of sp³-hybridized carbons (Fsp3) is 0.455. The van der Waals surface area contributed by atoms with E-state index in [1.165, 1.54) is 4.88 Å². The van der Waals surface area contributed by atoms with Gasteiger partial charge in [-0.2, -0.15) is 0 Å². The summed E-state index contributed by atoms with van der Waals surface area (Å²) in [6.45, 7) is 0.517. The molecular formula is C11H13BrN4OS2. The second kappa shape index (κ2) is 5.43. The van der Waals surface area contributed by atoms with Gasteiger partial charge in [-0.15, -0.1) is 16.4 Å². The van der Waals surface area contributed by atoms with Gasteiger partial charge in [0.1, 0.15) is 0 Å². The molecule has 1 aliphatic rings. The van der Waals surface area contributed by atoms with Crippen molar-refractivity contribution >= 4 is 39.0 Å². The summed E-state index contributed by atoms with van der Waals surface area (Å²) in [5.74, 6) is 0. The largest absolute Gasteiger partial charge is 0.344 e. The zero-order valence-corrected chi connectivity index (χ0v) is 13.2. The van der Waals surface area contributed by atoms with E-state index >= 15 is 0 Å². The molecule has 102 valence electrons. The van der Waals surface area contributed by atoms with Gasteiger partial charge >= 0.3 is 5.69 Å². The molecule has 0 aromatic carbocycles. The standard InChI is InChI=1S/C11H13BrN4OS2/c12-6-3-8(18-5-6)9(4-13)19-11-15-14-10(17)16(11)7-1-2-7/h3,5,7,9H,1-2,4,13H2,(H,14,17). The van der Waals surface area contributed by atoms with Crippen molar-refractivity contribution in [2.24, 2.45) is 5.73 Å². The zero-order chi connectivity index (χ0) is 13.4. The number of thioether (sulfide) groups is 1. The van der Waals surface area contributed by atoms with E-state index < -0.39 is 0 Å². The molecule has 0 spiro atoms. The summed E-state index contributed by atoms with van der Waals surface area (Å²) in [6, 6.07) is 2.39. The summed E-state index contributed by atoms with van der Waals surface area (Å²) >= 11 is 6.67. The van der Waals surface area contributed by atoms with Crippen LogP contribution in [0.15, 0.2) is 25.9 Å². The fourth-order valence-electron chi connectivity index (χ4n) is 1.87. The lowest BCUT2D eigenvalue weighted by atomic mass is 10.3. The van der Waals surface area contributed by atoms with Gasteiger partial charge in [0.15, 0.2) is 5.16 Å². The number of aromatic amines is 1. The monoisotopic (exact) mass is 360 g/mol. The number of rotatable bonds is 5. The van der Waals surface area contributed by atoms with Gasteiger partial charge < -0.3 is 5.73 Å². The third-order valence-electron chi connectivity index (χ3n) is 2.95. The van der Waals surface area contributed by atoms with Gasteiger partial charge in [0, 0.05) is 27.3 Å². The van der Waals surface area contributed by atoms with Crippen LogP contribution in [-0.2, 0) is 0 Å². The number of nitrogens with zero attached hydrogens (tertiary/aromatic N) is 2. The van der Waals surface area contributed by atoms with Crippen molar-refractivity contribution in [2.75, 3.05) is 6.54 Å². The summed E-state index contributed by atoms with van der Waals surface area (Å²) in [6.07, 6.45) is 2.12. The first-order valence-electron chi connectivity index (χ1n) is 5.96. The third-order valence-corrected chi connectivity index (χ3v) is 6.14. The van der Waals surface area contributed by atoms with Gasteiger partial charge in [-0.1, -0.05) is 11.8 Å². The predicted molar refractivity (Wildman–Crippen MR) is 80.8 cm³/mol. The Morgan fingerprint density at radius 2 is 2.47 bits per heavy atom. The predicted octanol–water partition coefficient (Wildman–Crippen LogP) is 2.52. The normalized spacial score (nSPS) is 16.7. The topological polar surface area (TPSA) is 76.7 Å². The van der Waals surface area contributed by atoms with Crippen molar-refractivity contribution in [3.63, 3.8) is 0 Å². The van der Waals surface area contributed by atoms with Gasteiger partial charge in [0.2, 0.25) is 0 Å². The van der Waals surface area contributed by atoms with Crippen LogP contribution in [0.3, 0.4) is 0 Å². The summed E-state index contributed by atoms with van der Waals surface area (Å²) in [5.41, 5.74) is 5.74. The Balaban J connectivity index is 1.85. The van der Waals surface area contributed by atoms with E-state index in [4.69, 9.17) is 5.73 Å². The average Bonchev–Trinajstić information content (AvgIpc) is 3.03. The molecule has 1 fully saturated rings. The highest BCUT2D eigenvalue weighted by molar-refractivity contribution is 9.10. The first kappa shape index (κ1) is 13.4.